The summed E-state index contributed by atoms with van der Waals surface area (Å²) >= 11 is 9.53. The Morgan fingerprint density at radius 2 is 2.25 bits per heavy atom. The van der Waals surface area contributed by atoms with Crippen LogP contribution in [0.4, 0.5) is 0 Å². The van der Waals surface area contributed by atoms with Crippen LogP contribution in [0, 0.1) is 0 Å². The zero-order valence-corrected chi connectivity index (χ0v) is 11.9. The van der Waals surface area contributed by atoms with Crippen molar-refractivity contribution in [3.63, 3.8) is 0 Å². The molecule has 0 aliphatic carbocycles. The molecule has 1 aromatic rings. The molecule has 1 atom stereocenters. The highest BCUT2D eigenvalue weighted by atomic mass is 79.9. The molecular formula is C12H17BrClNO. The summed E-state index contributed by atoms with van der Waals surface area (Å²) in [4.78, 5) is 0. The Morgan fingerprint density at radius 3 is 2.94 bits per heavy atom. The van der Waals surface area contributed by atoms with Gasteiger partial charge in [0.15, 0.2) is 0 Å². The van der Waals surface area contributed by atoms with Crippen molar-refractivity contribution >= 4 is 27.5 Å². The standard InChI is InChI=1S/C12H17BrClNO/c1-3-16-8-9(2)15-7-10-6-11(13)4-5-12(10)14/h4-6,9,15H,3,7-8H2,1-2H3. The van der Waals surface area contributed by atoms with E-state index in [1.807, 2.05) is 25.1 Å². The van der Waals surface area contributed by atoms with Gasteiger partial charge in [-0.2, -0.15) is 0 Å². The molecule has 0 aliphatic rings. The molecule has 4 heteroatoms. The second-order valence-electron chi connectivity index (χ2n) is 3.68. The fraction of sp³-hybridized carbons (Fsp3) is 0.500. The van der Waals surface area contributed by atoms with Gasteiger partial charge in [0, 0.05) is 28.7 Å². The first-order valence-electron chi connectivity index (χ1n) is 5.38. The fourth-order valence-electron chi connectivity index (χ4n) is 1.32. The molecule has 1 unspecified atom stereocenters. The Morgan fingerprint density at radius 1 is 1.50 bits per heavy atom. The third kappa shape index (κ3) is 4.83. The van der Waals surface area contributed by atoms with Gasteiger partial charge in [-0.15, -0.1) is 0 Å². The van der Waals surface area contributed by atoms with Crippen LogP contribution < -0.4 is 5.32 Å². The summed E-state index contributed by atoms with van der Waals surface area (Å²) in [7, 11) is 0. The minimum atomic E-state index is 0.329. The molecule has 0 aromatic heterocycles. The summed E-state index contributed by atoms with van der Waals surface area (Å²) in [6, 6.07) is 6.20. The first kappa shape index (κ1) is 14.0. The van der Waals surface area contributed by atoms with Crippen LogP contribution in [-0.4, -0.2) is 19.3 Å². The molecule has 0 amide bonds. The summed E-state index contributed by atoms with van der Waals surface area (Å²) in [5, 5.41) is 4.16. The van der Waals surface area contributed by atoms with Gasteiger partial charge in [-0.05, 0) is 37.6 Å². The number of halogens is 2. The van der Waals surface area contributed by atoms with E-state index in [0.717, 1.165) is 34.8 Å². The molecule has 0 spiro atoms. The van der Waals surface area contributed by atoms with Crippen molar-refractivity contribution in [2.45, 2.75) is 26.4 Å². The van der Waals surface area contributed by atoms with Crippen molar-refractivity contribution in [3.05, 3.63) is 33.3 Å². The van der Waals surface area contributed by atoms with Crippen molar-refractivity contribution in [2.24, 2.45) is 0 Å². The highest BCUT2D eigenvalue weighted by Crippen LogP contribution is 2.20. The molecule has 0 bridgehead atoms. The van der Waals surface area contributed by atoms with E-state index in [9.17, 15) is 0 Å². The quantitative estimate of drug-likeness (QED) is 0.867. The highest BCUT2D eigenvalue weighted by Gasteiger charge is 2.04. The molecule has 1 rings (SSSR count). The summed E-state index contributed by atoms with van der Waals surface area (Å²) < 4.78 is 6.38. The zero-order chi connectivity index (χ0) is 12.0. The van der Waals surface area contributed by atoms with Crippen molar-refractivity contribution in [1.82, 2.24) is 5.32 Å². The largest absolute Gasteiger partial charge is 0.380 e. The molecule has 0 aliphatic heterocycles. The van der Waals surface area contributed by atoms with E-state index >= 15 is 0 Å². The maximum Gasteiger partial charge on any atom is 0.0616 e. The van der Waals surface area contributed by atoms with Crippen molar-refractivity contribution in [3.8, 4) is 0 Å². The molecule has 0 heterocycles. The van der Waals surface area contributed by atoms with Gasteiger partial charge < -0.3 is 10.1 Å². The molecule has 0 saturated carbocycles. The lowest BCUT2D eigenvalue weighted by atomic mass is 10.2. The van der Waals surface area contributed by atoms with Gasteiger partial charge in [0.1, 0.15) is 0 Å². The van der Waals surface area contributed by atoms with E-state index in [-0.39, 0.29) is 0 Å². The monoisotopic (exact) mass is 305 g/mol. The van der Waals surface area contributed by atoms with Crippen LogP contribution in [0.2, 0.25) is 5.02 Å². The van der Waals surface area contributed by atoms with Crippen LogP contribution in [0.15, 0.2) is 22.7 Å². The topological polar surface area (TPSA) is 21.3 Å². The SMILES string of the molecule is CCOCC(C)NCc1cc(Br)ccc1Cl. The predicted molar refractivity (Wildman–Crippen MR) is 71.9 cm³/mol. The average Bonchev–Trinajstić information content (AvgIpc) is 2.27. The first-order chi connectivity index (χ1) is 7.63. The van der Waals surface area contributed by atoms with Gasteiger partial charge in [0.05, 0.1) is 6.61 Å². The highest BCUT2D eigenvalue weighted by molar-refractivity contribution is 9.10. The van der Waals surface area contributed by atoms with E-state index in [2.05, 4.69) is 28.2 Å². The molecule has 90 valence electrons. The minimum Gasteiger partial charge on any atom is -0.380 e. The molecule has 1 aromatic carbocycles. The second-order valence-corrected chi connectivity index (χ2v) is 5.00. The van der Waals surface area contributed by atoms with Gasteiger partial charge in [0.25, 0.3) is 0 Å². The average molecular weight is 307 g/mol. The Labute approximate surface area is 110 Å². The minimum absolute atomic E-state index is 0.329. The Bertz CT molecular complexity index is 333. The van der Waals surface area contributed by atoms with Crippen LogP contribution >= 0.6 is 27.5 Å². The van der Waals surface area contributed by atoms with E-state index in [1.54, 1.807) is 0 Å². The second kappa shape index (κ2) is 7.28. The molecule has 16 heavy (non-hydrogen) atoms. The third-order valence-electron chi connectivity index (χ3n) is 2.22. The van der Waals surface area contributed by atoms with E-state index in [4.69, 9.17) is 16.3 Å². The van der Waals surface area contributed by atoms with Crippen LogP contribution in [0.3, 0.4) is 0 Å². The van der Waals surface area contributed by atoms with Crippen LogP contribution in [0.25, 0.3) is 0 Å². The number of benzene rings is 1. The summed E-state index contributed by atoms with van der Waals surface area (Å²) in [5.74, 6) is 0. The number of ether oxygens (including phenoxy) is 1. The van der Waals surface area contributed by atoms with Gasteiger partial charge in [-0.25, -0.2) is 0 Å². The first-order valence-corrected chi connectivity index (χ1v) is 6.55. The smallest absolute Gasteiger partial charge is 0.0616 e. The van der Waals surface area contributed by atoms with Crippen molar-refractivity contribution < 1.29 is 4.74 Å². The lowest BCUT2D eigenvalue weighted by Crippen LogP contribution is -2.30. The normalized spacial score (nSPS) is 12.8. The fourth-order valence-corrected chi connectivity index (χ4v) is 1.91. The number of rotatable bonds is 6. The van der Waals surface area contributed by atoms with Gasteiger partial charge in [-0.1, -0.05) is 27.5 Å². The summed E-state index contributed by atoms with van der Waals surface area (Å²) in [6.45, 7) is 6.33. The summed E-state index contributed by atoms with van der Waals surface area (Å²) in [5.41, 5.74) is 1.10. The predicted octanol–water partition coefficient (Wildman–Crippen LogP) is 3.62. The zero-order valence-electron chi connectivity index (χ0n) is 9.59. The Kier molecular flexibility index (Phi) is 6.36. The lowest BCUT2D eigenvalue weighted by Gasteiger charge is -2.14. The van der Waals surface area contributed by atoms with Gasteiger partial charge in [-0.3, -0.25) is 0 Å². The number of nitrogens with one attached hydrogen (secondary N) is 1. The van der Waals surface area contributed by atoms with E-state index in [1.165, 1.54) is 0 Å². The van der Waals surface area contributed by atoms with Gasteiger partial charge >= 0.3 is 0 Å². The van der Waals surface area contributed by atoms with Crippen molar-refractivity contribution in [2.75, 3.05) is 13.2 Å². The Hall–Kier alpha value is -0.0900. The van der Waals surface area contributed by atoms with E-state index < -0.39 is 0 Å². The third-order valence-corrected chi connectivity index (χ3v) is 3.08. The number of hydrogen-bond donors (Lipinski definition) is 1. The maximum atomic E-state index is 6.09. The Balaban J connectivity index is 2.44. The maximum absolute atomic E-state index is 6.09. The molecule has 0 fully saturated rings. The van der Waals surface area contributed by atoms with Gasteiger partial charge in [0.2, 0.25) is 0 Å². The molecular weight excluding hydrogens is 289 g/mol. The lowest BCUT2D eigenvalue weighted by molar-refractivity contribution is 0.127. The number of hydrogen-bond acceptors (Lipinski definition) is 2. The van der Waals surface area contributed by atoms with Crippen LogP contribution in [0.5, 0.6) is 0 Å². The molecule has 0 saturated heterocycles. The van der Waals surface area contributed by atoms with Crippen LogP contribution in [0.1, 0.15) is 19.4 Å². The molecule has 2 nitrogen and oxygen atoms in total. The molecule has 1 N–H and O–H groups in total. The molecule has 0 radical (unpaired) electrons. The van der Waals surface area contributed by atoms with E-state index in [0.29, 0.717) is 6.04 Å². The summed E-state index contributed by atoms with van der Waals surface area (Å²) in [6.07, 6.45) is 0. The van der Waals surface area contributed by atoms with Crippen LogP contribution in [-0.2, 0) is 11.3 Å². The van der Waals surface area contributed by atoms with Crippen molar-refractivity contribution in [1.29, 1.82) is 0 Å².